The lowest BCUT2D eigenvalue weighted by Crippen LogP contribution is -2.45. The molecule has 0 aliphatic heterocycles. The van der Waals surface area contributed by atoms with Crippen molar-refractivity contribution in [2.45, 2.75) is 51.0 Å². The number of benzene rings is 2. The molecule has 206 valence electrons. The van der Waals surface area contributed by atoms with E-state index in [2.05, 4.69) is 24.5 Å². The first-order valence-corrected chi connectivity index (χ1v) is 14.0. The Morgan fingerprint density at radius 3 is 2.26 bits per heavy atom. The minimum absolute atomic E-state index is 0.0636. The van der Waals surface area contributed by atoms with E-state index in [1.807, 2.05) is 0 Å². The van der Waals surface area contributed by atoms with E-state index in [-0.39, 0.29) is 29.4 Å². The average molecular weight is 546 g/mol. The van der Waals surface area contributed by atoms with Crippen LogP contribution in [0.5, 0.6) is 5.75 Å². The number of rotatable bonds is 10. The summed E-state index contributed by atoms with van der Waals surface area (Å²) in [5.41, 5.74) is 0.877. The van der Waals surface area contributed by atoms with E-state index in [9.17, 15) is 22.8 Å². The molecule has 2 N–H and O–H groups in total. The highest BCUT2D eigenvalue weighted by Crippen LogP contribution is 2.29. The van der Waals surface area contributed by atoms with Gasteiger partial charge < -0.3 is 20.1 Å². The van der Waals surface area contributed by atoms with Crippen LogP contribution in [0.1, 0.15) is 40.0 Å². The maximum Gasteiger partial charge on any atom is 0.344 e. The number of carbonyl (C=O) groups excluding carboxylic acids is 3. The molecule has 0 unspecified atom stereocenters. The average Bonchev–Trinajstić information content (AvgIpc) is 2.88. The fourth-order valence-electron chi connectivity index (χ4n) is 4.33. The van der Waals surface area contributed by atoms with E-state index in [1.165, 1.54) is 50.4 Å². The molecule has 0 radical (unpaired) electrons. The molecular weight excluding hydrogens is 510 g/mol. The minimum atomic E-state index is -3.84. The van der Waals surface area contributed by atoms with Crippen molar-refractivity contribution in [3.05, 3.63) is 48.5 Å². The van der Waals surface area contributed by atoms with Crippen molar-refractivity contribution < 1.29 is 32.3 Å². The zero-order valence-electron chi connectivity index (χ0n) is 22.1. The number of nitrogens with one attached hydrogen (secondary N) is 2. The third-order valence-electron chi connectivity index (χ3n) is 6.81. The molecule has 2 amide bonds. The lowest BCUT2D eigenvalue weighted by molar-refractivity contribution is -0.150. The molecule has 10 nitrogen and oxygen atoms in total. The van der Waals surface area contributed by atoms with Gasteiger partial charge in [-0.25, -0.2) is 13.2 Å². The lowest BCUT2D eigenvalue weighted by Gasteiger charge is -2.34. The number of carbonyl (C=O) groups is 3. The zero-order chi connectivity index (χ0) is 27.9. The molecule has 1 fully saturated rings. The van der Waals surface area contributed by atoms with Gasteiger partial charge >= 0.3 is 5.97 Å². The first-order valence-electron chi connectivity index (χ1n) is 12.5. The summed E-state index contributed by atoms with van der Waals surface area (Å²) in [5, 5.41) is 5.54. The summed E-state index contributed by atoms with van der Waals surface area (Å²) in [5.74, 6) is -0.0129. The number of hydrogen-bond acceptors (Lipinski definition) is 7. The van der Waals surface area contributed by atoms with Crippen LogP contribution in [0.15, 0.2) is 53.4 Å². The summed E-state index contributed by atoms with van der Waals surface area (Å²) in [7, 11) is -2.42. The molecule has 0 heterocycles. The van der Waals surface area contributed by atoms with E-state index in [0.717, 1.165) is 23.6 Å². The molecule has 0 saturated heterocycles. The number of sulfonamides is 1. The Morgan fingerprint density at radius 1 is 0.974 bits per heavy atom. The maximum atomic E-state index is 13.0. The quantitative estimate of drug-likeness (QED) is 0.438. The summed E-state index contributed by atoms with van der Waals surface area (Å²) in [6.07, 6.45) is 3.14. The summed E-state index contributed by atoms with van der Waals surface area (Å²) < 4.78 is 37.5. The molecule has 1 aliphatic carbocycles. The highest BCUT2D eigenvalue weighted by molar-refractivity contribution is 7.92. The van der Waals surface area contributed by atoms with Gasteiger partial charge in [0.1, 0.15) is 5.75 Å². The van der Waals surface area contributed by atoms with Crippen LogP contribution in [0, 0.1) is 11.8 Å². The Balaban J connectivity index is 1.47. The van der Waals surface area contributed by atoms with Crippen LogP contribution in [0.2, 0.25) is 0 Å². The van der Waals surface area contributed by atoms with Gasteiger partial charge in [0.2, 0.25) is 5.91 Å². The predicted octanol–water partition coefficient (Wildman–Crippen LogP) is 3.33. The molecule has 0 spiro atoms. The molecule has 38 heavy (non-hydrogen) atoms. The lowest BCUT2D eigenvalue weighted by atomic mass is 9.78. The zero-order valence-corrected chi connectivity index (χ0v) is 22.9. The van der Waals surface area contributed by atoms with Crippen LogP contribution in [0.25, 0.3) is 0 Å². The van der Waals surface area contributed by atoms with E-state index in [0.29, 0.717) is 29.0 Å². The Labute approximate surface area is 223 Å². The number of ether oxygens (including phenoxy) is 2. The van der Waals surface area contributed by atoms with Crippen LogP contribution in [0.3, 0.4) is 0 Å². The molecule has 0 aromatic heterocycles. The number of nitrogens with zero attached hydrogens (tertiary/aromatic N) is 1. The molecule has 3 atom stereocenters. The van der Waals surface area contributed by atoms with Gasteiger partial charge in [0.25, 0.3) is 15.9 Å². The SMILES string of the molecule is CC(=O)Nc1ccc(S(=O)(=O)N(C)c2ccc(OCC(=O)OCC(=O)N[C@@H]3CCC[C@H](C)[C@@H]3C)cc2)cc1. The minimum Gasteiger partial charge on any atom is -0.482 e. The van der Waals surface area contributed by atoms with Gasteiger partial charge in [0.15, 0.2) is 13.2 Å². The molecule has 0 bridgehead atoms. The van der Waals surface area contributed by atoms with Crippen molar-refractivity contribution in [3.8, 4) is 5.75 Å². The Kier molecular flexibility index (Phi) is 9.73. The van der Waals surface area contributed by atoms with E-state index < -0.39 is 22.6 Å². The van der Waals surface area contributed by atoms with Crippen LogP contribution >= 0.6 is 0 Å². The van der Waals surface area contributed by atoms with E-state index >= 15 is 0 Å². The second-order valence-corrected chi connectivity index (χ2v) is 11.5. The monoisotopic (exact) mass is 545 g/mol. The Morgan fingerprint density at radius 2 is 1.63 bits per heavy atom. The third kappa shape index (κ3) is 7.70. The van der Waals surface area contributed by atoms with Crippen molar-refractivity contribution in [1.29, 1.82) is 0 Å². The van der Waals surface area contributed by atoms with Crippen molar-refractivity contribution >= 4 is 39.2 Å². The molecule has 2 aromatic rings. The standard InChI is InChI=1S/C27H35N3O7S/c1-18-6-5-7-25(19(18)2)29-26(32)16-37-27(33)17-36-23-12-10-22(11-13-23)30(4)38(34,35)24-14-8-21(9-15-24)28-20(3)31/h8-15,18-19,25H,5-7,16-17H2,1-4H3,(H,28,31)(H,29,32)/t18-,19-,25+/m0/s1. The molecule has 11 heteroatoms. The van der Waals surface area contributed by atoms with Gasteiger partial charge in [0.05, 0.1) is 10.6 Å². The van der Waals surface area contributed by atoms with Gasteiger partial charge in [0, 0.05) is 25.7 Å². The van der Waals surface area contributed by atoms with Crippen LogP contribution in [-0.2, 0) is 29.1 Å². The second kappa shape index (κ2) is 12.8. The molecule has 3 rings (SSSR count). The van der Waals surface area contributed by atoms with Crippen LogP contribution in [-0.4, -0.2) is 52.5 Å². The molecule has 1 aliphatic rings. The van der Waals surface area contributed by atoms with Gasteiger partial charge in [-0.3, -0.25) is 13.9 Å². The molecular formula is C27H35N3O7S. The van der Waals surface area contributed by atoms with Gasteiger partial charge in [-0.15, -0.1) is 0 Å². The van der Waals surface area contributed by atoms with Crippen molar-refractivity contribution in [2.24, 2.45) is 11.8 Å². The van der Waals surface area contributed by atoms with Crippen molar-refractivity contribution in [1.82, 2.24) is 5.32 Å². The fourth-order valence-corrected chi connectivity index (χ4v) is 5.52. The normalized spacial score (nSPS) is 19.2. The molecule has 1 saturated carbocycles. The van der Waals surface area contributed by atoms with Gasteiger partial charge in [-0.05, 0) is 66.8 Å². The topological polar surface area (TPSA) is 131 Å². The van der Waals surface area contributed by atoms with Crippen LogP contribution in [0.4, 0.5) is 11.4 Å². The summed E-state index contributed by atoms with van der Waals surface area (Å²) in [4.78, 5) is 35.4. The third-order valence-corrected chi connectivity index (χ3v) is 8.61. The van der Waals surface area contributed by atoms with Crippen LogP contribution < -0.4 is 19.7 Å². The number of amides is 2. The fraction of sp³-hybridized carbons (Fsp3) is 0.444. The Bertz CT molecular complexity index is 1230. The predicted molar refractivity (Wildman–Crippen MR) is 143 cm³/mol. The highest BCUT2D eigenvalue weighted by Gasteiger charge is 2.28. The number of hydrogen-bond donors (Lipinski definition) is 2. The van der Waals surface area contributed by atoms with Crippen molar-refractivity contribution in [3.63, 3.8) is 0 Å². The van der Waals surface area contributed by atoms with E-state index in [4.69, 9.17) is 9.47 Å². The Hall–Kier alpha value is -3.60. The number of esters is 1. The second-order valence-electron chi connectivity index (χ2n) is 9.56. The maximum absolute atomic E-state index is 13.0. The first kappa shape index (κ1) is 29.0. The summed E-state index contributed by atoms with van der Waals surface area (Å²) in [6.45, 7) is 4.91. The van der Waals surface area contributed by atoms with Gasteiger partial charge in [-0.2, -0.15) is 0 Å². The largest absolute Gasteiger partial charge is 0.482 e. The number of anilines is 2. The van der Waals surface area contributed by atoms with E-state index in [1.54, 1.807) is 12.1 Å². The first-order chi connectivity index (χ1) is 18.0. The van der Waals surface area contributed by atoms with Gasteiger partial charge in [-0.1, -0.05) is 26.7 Å². The van der Waals surface area contributed by atoms with Crippen molar-refractivity contribution in [2.75, 3.05) is 29.9 Å². The smallest absolute Gasteiger partial charge is 0.344 e. The molecule has 2 aromatic carbocycles. The summed E-state index contributed by atoms with van der Waals surface area (Å²) in [6, 6.07) is 12.1. The highest BCUT2D eigenvalue weighted by atomic mass is 32.2. The summed E-state index contributed by atoms with van der Waals surface area (Å²) >= 11 is 0.